The molecule has 0 aliphatic rings. The fourth-order valence-corrected chi connectivity index (χ4v) is 2.62. The van der Waals surface area contributed by atoms with E-state index in [4.69, 9.17) is 5.73 Å². The standard InChI is InChI=1S/C13H12F3N3OS/c1-6-11(21-7(2)18-6)12(20)19-8-3-4-10(17)9(5-8)13(14,15)16/h3-5H,17H2,1-2H3,(H,19,20). The lowest BCUT2D eigenvalue weighted by atomic mass is 10.1. The second-order valence-electron chi connectivity index (χ2n) is 4.40. The van der Waals surface area contributed by atoms with Crippen LogP contribution in [0.15, 0.2) is 18.2 Å². The SMILES string of the molecule is Cc1nc(C)c(C(=O)Nc2ccc(N)c(C(F)(F)F)c2)s1. The average molecular weight is 315 g/mol. The molecule has 8 heteroatoms. The highest BCUT2D eigenvalue weighted by Crippen LogP contribution is 2.35. The Hall–Kier alpha value is -2.09. The number of nitrogens with two attached hydrogens (primary N) is 1. The number of halogens is 3. The number of benzene rings is 1. The van der Waals surface area contributed by atoms with E-state index in [1.54, 1.807) is 13.8 Å². The van der Waals surface area contributed by atoms with Crippen LogP contribution in [0.3, 0.4) is 0 Å². The number of hydrogen-bond acceptors (Lipinski definition) is 4. The number of aryl methyl sites for hydroxylation is 2. The van der Waals surface area contributed by atoms with Crippen LogP contribution in [-0.4, -0.2) is 10.9 Å². The first-order chi connectivity index (χ1) is 9.68. The second kappa shape index (κ2) is 5.36. The number of hydrogen-bond donors (Lipinski definition) is 2. The Labute approximate surface area is 122 Å². The average Bonchev–Trinajstić information content (AvgIpc) is 2.69. The summed E-state index contributed by atoms with van der Waals surface area (Å²) in [7, 11) is 0. The number of nitrogen functional groups attached to an aromatic ring is 1. The molecular formula is C13H12F3N3OS. The van der Waals surface area contributed by atoms with Gasteiger partial charge in [-0.15, -0.1) is 11.3 Å². The monoisotopic (exact) mass is 315 g/mol. The molecule has 0 saturated carbocycles. The zero-order valence-corrected chi connectivity index (χ0v) is 12.0. The van der Waals surface area contributed by atoms with Crippen molar-refractivity contribution >= 4 is 28.6 Å². The van der Waals surface area contributed by atoms with Gasteiger partial charge in [-0.05, 0) is 32.0 Å². The molecule has 1 heterocycles. The quantitative estimate of drug-likeness (QED) is 0.832. The third-order valence-corrected chi connectivity index (χ3v) is 3.80. The Bertz CT molecular complexity index is 694. The molecule has 0 aliphatic carbocycles. The minimum atomic E-state index is -4.57. The molecule has 0 bridgehead atoms. The van der Waals surface area contributed by atoms with Gasteiger partial charge in [-0.25, -0.2) is 4.98 Å². The van der Waals surface area contributed by atoms with E-state index in [9.17, 15) is 18.0 Å². The molecule has 0 spiro atoms. The van der Waals surface area contributed by atoms with Gasteiger partial charge in [-0.2, -0.15) is 13.2 Å². The maximum Gasteiger partial charge on any atom is 0.418 e. The van der Waals surface area contributed by atoms with Crippen LogP contribution in [0.25, 0.3) is 0 Å². The Morgan fingerprint density at radius 1 is 1.33 bits per heavy atom. The van der Waals surface area contributed by atoms with Gasteiger partial charge in [0.05, 0.1) is 16.3 Å². The first-order valence-electron chi connectivity index (χ1n) is 5.90. The third-order valence-electron chi connectivity index (χ3n) is 2.73. The summed E-state index contributed by atoms with van der Waals surface area (Å²) in [5, 5.41) is 3.14. The van der Waals surface area contributed by atoms with E-state index in [1.807, 2.05) is 0 Å². The van der Waals surface area contributed by atoms with Gasteiger partial charge >= 0.3 is 6.18 Å². The van der Waals surface area contributed by atoms with Gasteiger partial charge in [0.15, 0.2) is 0 Å². The van der Waals surface area contributed by atoms with Gasteiger partial charge in [0.25, 0.3) is 5.91 Å². The van der Waals surface area contributed by atoms with Gasteiger partial charge in [-0.3, -0.25) is 4.79 Å². The highest BCUT2D eigenvalue weighted by atomic mass is 32.1. The maximum atomic E-state index is 12.8. The first-order valence-corrected chi connectivity index (χ1v) is 6.72. The highest BCUT2D eigenvalue weighted by molar-refractivity contribution is 7.13. The molecule has 0 atom stereocenters. The van der Waals surface area contributed by atoms with Crippen molar-refractivity contribution in [3.63, 3.8) is 0 Å². The van der Waals surface area contributed by atoms with Crippen LogP contribution >= 0.6 is 11.3 Å². The van der Waals surface area contributed by atoms with Crippen molar-refractivity contribution in [3.8, 4) is 0 Å². The van der Waals surface area contributed by atoms with E-state index in [-0.39, 0.29) is 11.4 Å². The van der Waals surface area contributed by atoms with Crippen molar-refractivity contribution in [2.24, 2.45) is 0 Å². The van der Waals surface area contributed by atoms with E-state index in [2.05, 4.69) is 10.3 Å². The molecule has 1 aromatic carbocycles. The summed E-state index contributed by atoms with van der Waals surface area (Å²) in [4.78, 5) is 16.5. The summed E-state index contributed by atoms with van der Waals surface area (Å²) < 4.78 is 38.3. The number of carbonyl (C=O) groups excluding carboxylic acids is 1. The first kappa shape index (κ1) is 15.3. The number of nitrogens with one attached hydrogen (secondary N) is 1. The van der Waals surface area contributed by atoms with Crippen molar-refractivity contribution in [2.75, 3.05) is 11.1 Å². The zero-order valence-electron chi connectivity index (χ0n) is 11.2. The highest BCUT2D eigenvalue weighted by Gasteiger charge is 2.33. The molecule has 0 saturated heterocycles. The molecule has 2 rings (SSSR count). The van der Waals surface area contributed by atoms with Crippen molar-refractivity contribution in [1.29, 1.82) is 0 Å². The number of nitrogens with zero attached hydrogens (tertiary/aromatic N) is 1. The molecule has 1 aromatic heterocycles. The number of anilines is 2. The molecule has 21 heavy (non-hydrogen) atoms. The summed E-state index contributed by atoms with van der Waals surface area (Å²) >= 11 is 1.18. The smallest absolute Gasteiger partial charge is 0.398 e. The van der Waals surface area contributed by atoms with Crippen LogP contribution in [-0.2, 0) is 6.18 Å². The lowest BCUT2D eigenvalue weighted by Crippen LogP contribution is -2.14. The number of carbonyl (C=O) groups is 1. The maximum absolute atomic E-state index is 12.8. The molecule has 0 unspecified atom stereocenters. The largest absolute Gasteiger partial charge is 0.418 e. The summed E-state index contributed by atoms with van der Waals surface area (Å²) in [5.74, 6) is -0.490. The fraction of sp³-hybridized carbons (Fsp3) is 0.231. The number of aromatic nitrogens is 1. The normalized spacial score (nSPS) is 11.5. The van der Waals surface area contributed by atoms with E-state index in [1.165, 1.54) is 17.4 Å². The molecule has 112 valence electrons. The van der Waals surface area contributed by atoms with Crippen LogP contribution < -0.4 is 11.1 Å². The Morgan fingerprint density at radius 3 is 2.52 bits per heavy atom. The summed E-state index contributed by atoms with van der Waals surface area (Å²) in [6.45, 7) is 3.42. The predicted molar refractivity (Wildman–Crippen MR) is 75.4 cm³/mol. The minimum Gasteiger partial charge on any atom is -0.398 e. The van der Waals surface area contributed by atoms with Crippen molar-refractivity contribution < 1.29 is 18.0 Å². The zero-order chi connectivity index (χ0) is 15.8. The van der Waals surface area contributed by atoms with E-state index in [0.717, 1.165) is 12.1 Å². The lowest BCUT2D eigenvalue weighted by molar-refractivity contribution is -0.136. The summed E-state index contributed by atoms with van der Waals surface area (Å²) in [6.07, 6.45) is -4.57. The number of rotatable bonds is 2. The van der Waals surface area contributed by atoms with Gasteiger partial charge in [0.2, 0.25) is 0 Å². The molecule has 4 nitrogen and oxygen atoms in total. The fourth-order valence-electron chi connectivity index (χ4n) is 1.81. The van der Waals surface area contributed by atoms with E-state index >= 15 is 0 Å². The Kier molecular flexibility index (Phi) is 3.91. The Balaban J connectivity index is 2.28. The van der Waals surface area contributed by atoms with Crippen molar-refractivity contribution in [3.05, 3.63) is 39.3 Å². The number of alkyl halides is 3. The third kappa shape index (κ3) is 3.33. The van der Waals surface area contributed by atoms with Crippen LogP contribution in [0.4, 0.5) is 24.5 Å². The minimum absolute atomic E-state index is 0.0342. The molecule has 0 radical (unpaired) electrons. The number of thiazole rings is 1. The topological polar surface area (TPSA) is 68.0 Å². The number of amides is 1. The molecule has 2 aromatic rings. The lowest BCUT2D eigenvalue weighted by Gasteiger charge is -2.12. The van der Waals surface area contributed by atoms with Gasteiger partial charge < -0.3 is 11.1 Å². The molecule has 1 amide bonds. The predicted octanol–water partition coefficient (Wildman–Crippen LogP) is 3.61. The van der Waals surface area contributed by atoms with Crippen LogP contribution in [0, 0.1) is 13.8 Å². The molecule has 0 fully saturated rings. The Morgan fingerprint density at radius 2 is 2.00 bits per heavy atom. The summed E-state index contributed by atoms with van der Waals surface area (Å²) in [6, 6.07) is 3.26. The summed E-state index contributed by atoms with van der Waals surface area (Å²) in [5.41, 5.74) is 4.52. The molecular weight excluding hydrogens is 303 g/mol. The van der Waals surface area contributed by atoms with Gasteiger partial charge in [0.1, 0.15) is 4.88 Å². The van der Waals surface area contributed by atoms with Gasteiger partial charge in [-0.1, -0.05) is 0 Å². The van der Waals surface area contributed by atoms with Crippen molar-refractivity contribution in [1.82, 2.24) is 4.98 Å². The van der Waals surface area contributed by atoms with E-state index in [0.29, 0.717) is 15.6 Å². The van der Waals surface area contributed by atoms with Gasteiger partial charge in [0, 0.05) is 11.4 Å². The van der Waals surface area contributed by atoms with Crippen LogP contribution in [0.2, 0.25) is 0 Å². The second-order valence-corrected chi connectivity index (χ2v) is 5.60. The van der Waals surface area contributed by atoms with E-state index < -0.39 is 17.6 Å². The molecule has 0 aliphatic heterocycles. The van der Waals surface area contributed by atoms with Crippen molar-refractivity contribution in [2.45, 2.75) is 20.0 Å². The van der Waals surface area contributed by atoms with Crippen LogP contribution in [0.1, 0.15) is 25.9 Å². The van der Waals surface area contributed by atoms with Crippen LogP contribution in [0.5, 0.6) is 0 Å². The molecule has 3 N–H and O–H groups in total.